The lowest BCUT2D eigenvalue weighted by Gasteiger charge is -2.57. The molecule has 132 valence electrons. The number of likely N-dealkylation sites (tertiary alicyclic amines) is 1. The number of methoxy groups -OCH3 is 1. The summed E-state index contributed by atoms with van der Waals surface area (Å²) in [6, 6.07) is 6.80. The highest BCUT2D eigenvalue weighted by Crippen LogP contribution is 2.68. The summed E-state index contributed by atoms with van der Waals surface area (Å²) < 4.78 is 12.0. The Bertz CT molecular complexity index is 772. The quantitative estimate of drug-likeness (QED) is 0.778. The maximum atomic E-state index is 13.0. The highest BCUT2D eigenvalue weighted by Gasteiger charge is 2.78. The topological polar surface area (TPSA) is 42.1 Å². The molecule has 5 aliphatic rings. The molecule has 0 aromatic heterocycles. The van der Waals surface area contributed by atoms with Crippen molar-refractivity contribution < 1.29 is 14.3 Å². The van der Waals surface area contributed by atoms with Crippen LogP contribution in [-0.2, 0) is 21.4 Å². The predicted octanol–water partition coefficient (Wildman–Crippen LogP) is 2.82. The van der Waals surface area contributed by atoms with Crippen molar-refractivity contribution in [1.29, 1.82) is 0 Å². The van der Waals surface area contributed by atoms with Gasteiger partial charge in [-0.1, -0.05) is 6.07 Å². The van der Waals surface area contributed by atoms with Crippen LogP contribution < -0.4 is 4.74 Å². The smallest absolute Gasteiger partial charge is 0.226 e. The minimum Gasteiger partial charge on any atom is -0.497 e. The summed E-state index contributed by atoms with van der Waals surface area (Å²) in [4.78, 5) is 15.2. The Morgan fingerprint density at radius 2 is 2.16 bits per heavy atom. The van der Waals surface area contributed by atoms with Gasteiger partial charge in [0, 0.05) is 17.9 Å². The lowest BCUT2D eigenvalue weighted by Crippen LogP contribution is -2.68. The van der Waals surface area contributed by atoms with Gasteiger partial charge in [-0.2, -0.15) is 0 Å². The second kappa shape index (κ2) is 4.59. The SMILES string of the molecule is COc1ccc2c(c1)[C@@]13CCCC4O[C@@]41[C@@H](C2)N(C(=O)C1CC1)CC3. The number of carbonyl (C=O) groups excluding carboxylic acids is 1. The molecule has 2 heterocycles. The van der Waals surface area contributed by atoms with Gasteiger partial charge < -0.3 is 14.4 Å². The van der Waals surface area contributed by atoms with Gasteiger partial charge in [-0.25, -0.2) is 0 Å². The minimum atomic E-state index is -0.118. The number of epoxide rings is 1. The standard InChI is InChI=1S/C21H25NO3/c1-24-15-7-6-14-11-17-21-18(25-21)3-2-8-20(21,16(14)12-15)9-10-22(17)19(23)13-4-5-13/h6-7,12-13,17-18H,2-5,8-11H2,1H3/t17-,18?,20+,21+/m1/s1. The fourth-order valence-electron chi connectivity index (χ4n) is 6.40. The number of hydrogen-bond donors (Lipinski definition) is 0. The molecule has 1 unspecified atom stereocenters. The van der Waals surface area contributed by atoms with E-state index in [1.807, 2.05) is 0 Å². The van der Waals surface area contributed by atoms with Gasteiger partial charge in [0.1, 0.15) is 11.4 Å². The molecule has 4 heteroatoms. The van der Waals surface area contributed by atoms with Crippen molar-refractivity contribution in [2.45, 2.75) is 68.1 Å². The molecule has 2 saturated carbocycles. The summed E-state index contributed by atoms with van der Waals surface area (Å²) in [5.74, 6) is 1.63. The van der Waals surface area contributed by atoms with E-state index in [2.05, 4.69) is 23.1 Å². The average Bonchev–Trinajstić information content (AvgIpc) is 3.53. The zero-order valence-electron chi connectivity index (χ0n) is 14.8. The fourth-order valence-corrected chi connectivity index (χ4v) is 6.40. The van der Waals surface area contributed by atoms with Gasteiger partial charge in [-0.15, -0.1) is 0 Å². The van der Waals surface area contributed by atoms with Crippen LogP contribution in [0.2, 0.25) is 0 Å². The highest BCUT2D eigenvalue weighted by molar-refractivity contribution is 5.82. The number of fused-ring (bicyclic) bond motifs is 1. The molecule has 6 rings (SSSR count). The molecule has 2 saturated heterocycles. The average molecular weight is 339 g/mol. The van der Waals surface area contributed by atoms with Gasteiger partial charge in [-0.3, -0.25) is 4.79 Å². The van der Waals surface area contributed by atoms with Gasteiger partial charge in [0.25, 0.3) is 0 Å². The van der Waals surface area contributed by atoms with Crippen molar-refractivity contribution in [1.82, 2.24) is 4.90 Å². The molecule has 4 atom stereocenters. The highest BCUT2D eigenvalue weighted by atomic mass is 16.6. The van der Waals surface area contributed by atoms with Crippen LogP contribution in [-0.4, -0.2) is 42.2 Å². The molecule has 3 aliphatic carbocycles. The van der Waals surface area contributed by atoms with Crippen LogP contribution in [0.3, 0.4) is 0 Å². The van der Waals surface area contributed by atoms with Crippen molar-refractivity contribution in [3.63, 3.8) is 0 Å². The first-order chi connectivity index (χ1) is 12.2. The first kappa shape index (κ1) is 14.6. The lowest BCUT2D eigenvalue weighted by molar-refractivity contribution is -0.142. The Morgan fingerprint density at radius 1 is 1.28 bits per heavy atom. The third-order valence-corrected chi connectivity index (χ3v) is 7.68. The first-order valence-electron chi connectivity index (χ1n) is 9.85. The molecular weight excluding hydrogens is 314 g/mol. The van der Waals surface area contributed by atoms with Crippen LogP contribution in [0.25, 0.3) is 0 Å². The number of ether oxygens (including phenoxy) is 2. The molecular formula is C21H25NO3. The molecule has 4 fully saturated rings. The van der Waals surface area contributed by atoms with Crippen LogP contribution in [0.15, 0.2) is 18.2 Å². The number of rotatable bonds is 2. The van der Waals surface area contributed by atoms with Gasteiger partial charge in [0.2, 0.25) is 5.91 Å². The van der Waals surface area contributed by atoms with E-state index in [1.165, 1.54) is 24.0 Å². The fraction of sp³-hybridized carbons (Fsp3) is 0.667. The van der Waals surface area contributed by atoms with Crippen molar-refractivity contribution in [3.05, 3.63) is 29.3 Å². The zero-order valence-corrected chi connectivity index (χ0v) is 14.8. The summed E-state index contributed by atoms with van der Waals surface area (Å²) in [6.45, 7) is 0.897. The van der Waals surface area contributed by atoms with E-state index in [1.54, 1.807) is 7.11 Å². The minimum absolute atomic E-state index is 0.0863. The summed E-state index contributed by atoms with van der Waals surface area (Å²) in [5, 5.41) is 0. The third-order valence-electron chi connectivity index (χ3n) is 7.68. The zero-order chi connectivity index (χ0) is 16.8. The van der Waals surface area contributed by atoms with Crippen LogP contribution in [0.4, 0.5) is 0 Å². The summed E-state index contributed by atoms with van der Waals surface area (Å²) in [6.07, 6.45) is 8.06. The second-order valence-electron chi connectivity index (χ2n) is 8.67. The molecule has 2 aliphatic heterocycles. The molecule has 1 aromatic rings. The normalized spacial score (nSPS) is 40.6. The number of carbonyl (C=O) groups is 1. The van der Waals surface area contributed by atoms with Gasteiger partial charge in [0.05, 0.1) is 19.3 Å². The number of benzene rings is 1. The lowest BCUT2D eigenvalue weighted by atomic mass is 9.51. The predicted molar refractivity (Wildman–Crippen MR) is 92.7 cm³/mol. The second-order valence-corrected chi connectivity index (χ2v) is 8.67. The van der Waals surface area contributed by atoms with E-state index in [9.17, 15) is 4.79 Å². The molecule has 25 heavy (non-hydrogen) atoms. The maximum Gasteiger partial charge on any atom is 0.226 e. The van der Waals surface area contributed by atoms with Crippen LogP contribution in [0, 0.1) is 5.92 Å². The third kappa shape index (κ3) is 1.65. The van der Waals surface area contributed by atoms with E-state index in [4.69, 9.17) is 9.47 Å². The Hall–Kier alpha value is -1.55. The Labute approximate surface area is 148 Å². The summed E-state index contributed by atoms with van der Waals surface area (Å²) in [7, 11) is 1.75. The Morgan fingerprint density at radius 3 is 2.96 bits per heavy atom. The number of hydrogen-bond acceptors (Lipinski definition) is 3. The van der Waals surface area contributed by atoms with Gasteiger partial charge >= 0.3 is 0 Å². The summed E-state index contributed by atoms with van der Waals surface area (Å²) >= 11 is 0. The van der Waals surface area contributed by atoms with Crippen molar-refractivity contribution in [2.75, 3.05) is 13.7 Å². The molecule has 1 amide bonds. The van der Waals surface area contributed by atoms with Crippen LogP contribution >= 0.6 is 0 Å². The van der Waals surface area contributed by atoms with E-state index < -0.39 is 0 Å². The van der Waals surface area contributed by atoms with E-state index in [0.29, 0.717) is 17.9 Å². The number of piperidine rings is 1. The molecule has 2 bridgehead atoms. The van der Waals surface area contributed by atoms with E-state index in [-0.39, 0.29) is 17.1 Å². The van der Waals surface area contributed by atoms with E-state index in [0.717, 1.165) is 44.4 Å². The molecule has 1 aromatic carbocycles. The van der Waals surface area contributed by atoms with Crippen molar-refractivity contribution in [2.24, 2.45) is 5.92 Å². The maximum absolute atomic E-state index is 13.0. The molecule has 0 radical (unpaired) electrons. The molecule has 0 N–H and O–H groups in total. The first-order valence-corrected chi connectivity index (χ1v) is 9.85. The molecule has 1 spiro atoms. The molecule has 4 nitrogen and oxygen atoms in total. The van der Waals surface area contributed by atoms with Crippen molar-refractivity contribution >= 4 is 5.91 Å². The Balaban J connectivity index is 1.51. The van der Waals surface area contributed by atoms with E-state index >= 15 is 0 Å². The van der Waals surface area contributed by atoms with Gasteiger partial charge in [-0.05, 0) is 68.2 Å². The van der Waals surface area contributed by atoms with Gasteiger partial charge in [0.15, 0.2) is 0 Å². The van der Waals surface area contributed by atoms with Crippen LogP contribution in [0.5, 0.6) is 5.75 Å². The summed E-state index contributed by atoms with van der Waals surface area (Å²) in [5.41, 5.74) is 2.82. The number of nitrogens with zero attached hydrogens (tertiary/aromatic N) is 1. The monoisotopic (exact) mass is 339 g/mol. The number of amides is 1. The van der Waals surface area contributed by atoms with Crippen LogP contribution in [0.1, 0.15) is 49.7 Å². The largest absolute Gasteiger partial charge is 0.497 e. The van der Waals surface area contributed by atoms with Crippen molar-refractivity contribution in [3.8, 4) is 5.75 Å². The Kier molecular flexibility index (Phi) is 2.68.